The van der Waals surface area contributed by atoms with Crippen molar-refractivity contribution in [3.63, 3.8) is 0 Å². The van der Waals surface area contributed by atoms with Crippen LogP contribution in [0.15, 0.2) is 24.3 Å². The summed E-state index contributed by atoms with van der Waals surface area (Å²) in [6.07, 6.45) is 0. The van der Waals surface area contributed by atoms with Crippen molar-refractivity contribution >= 4 is 5.91 Å². The minimum Gasteiger partial charge on any atom is -0.368 e. The first kappa shape index (κ1) is 8.88. The molecule has 0 saturated carbocycles. The van der Waals surface area contributed by atoms with E-state index in [1.165, 1.54) is 5.56 Å². The molecule has 2 unspecified atom stereocenters. The first-order valence-electron chi connectivity index (χ1n) is 5.08. The molecule has 2 heterocycles. The molecule has 1 fully saturated rings. The van der Waals surface area contributed by atoms with Gasteiger partial charge in [0.25, 0.3) is 0 Å². The van der Waals surface area contributed by atoms with Gasteiger partial charge in [-0.25, -0.2) is 0 Å². The smallest absolute Gasteiger partial charge is 0.243 e. The highest BCUT2D eigenvalue weighted by Crippen LogP contribution is 2.34. The average molecular weight is 203 g/mol. The van der Waals surface area contributed by atoms with Gasteiger partial charge in [0.15, 0.2) is 0 Å². The number of nitrogens with one attached hydrogen (secondary N) is 1. The first-order chi connectivity index (χ1) is 7.22. The Morgan fingerprint density at radius 3 is 3.07 bits per heavy atom. The molecule has 3 N–H and O–H groups in total. The van der Waals surface area contributed by atoms with Crippen LogP contribution in [0.3, 0.4) is 0 Å². The molecular weight excluding hydrogens is 190 g/mol. The summed E-state index contributed by atoms with van der Waals surface area (Å²) in [5.74, 6) is -0.280. The molecule has 3 rings (SSSR count). The van der Waals surface area contributed by atoms with Gasteiger partial charge in [-0.3, -0.25) is 15.0 Å². The lowest BCUT2D eigenvalue weighted by atomic mass is 9.84. The second kappa shape index (κ2) is 2.81. The van der Waals surface area contributed by atoms with Crippen LogP contribution in [0.2, 0.25) is 0 Å². The molecule has 0 aromatic heterocycles. The van der Waals surface area contributed by atoms with Crippen LogP contribution >= 0.6 is 0 Å². The monoisotopic (exact) mass is 203 g/mol. The molecule has 4 heteroatoms. The quantitative estimate of drug-likeness (QED) is 0.661. The number of primary amides is 1. The van der Waals surface area contributed by atoms with Crippen molar-refractivity contribution in [2.45, 2.75) is 12.1 Å². The first-order valence-corrected chi connectivity index (χ1v) is 5.08. The van der Waals surface area contributed by atoms with Crippen LogP contribution in [-0.4, -0.2) is 24.0 Å². The fourth-order valence-electron chi connectivity index (χ4n) is 2.60. The molecule has 1 aromatic carbocycles. The summed E-state index contributed by atoms with van der Waals surface area (Å²) in [5, 5.41) is 3.24. The highest BCUT2D eigenvalue weighted by atomic mass is 16.1. The molecule has 1 amide bonds. The molecule has 15 heavy (non-hydrogen) atoms. The van der Waals surface area contributed by atoms with Crippen molar-refractivity contribution in [3.05, 3.63) is 35.4 Å². The van der Waals surface area contributed by atoms with E-state index in [4.69, 9.17) is 5.73 Å². The molecule has 2 bridgehead atoms. The van der Waals surface area contributed by atoms with Gasteiger partial charge in [0.2, 0.25) is 5.91 Å². The van der Waals surface area contributed by atoms with Crippen LogP contribution in [0.4, 0.5) is 0 Å². The number of nitrogens with two attached hydrogens (primary N) is 1. The van der Waals surface area contributed by atoms with Crippen molar-refractivity contribution in [2.24, 2.45) is 5.73 Å². The summed E-state index contributed by atoms with van der Waals surface area (Å²) < 4.78 is 0. The van der Waals surface area contributed by atoms with Gasteiger partial charge in [-0.1, -0.05) is 24.3 Å². The SMILES string of the molecule is NC(=O)C12CN(CN1)Cc1ccccc12. The molecule has 2 aliphatic heterocycles. The van der Waals surface area contributed by atoms with Gasteiger partial charge in [-0.2, -0.15) is 0 Å². The van der Waals surface area contributed by atoms with Crippen molar-refractivity contribution < 1.29 is 4.79 Å². The third-order valence-corrected chi connectivity index (χ3v) is 3.36. The van der Waals surface area contributed by atoms with E-state index in [0.29, 0.717) is 6.54 Å². The molecule has 78 valence electrons. The normalized spacial score (nSPS) is 32.4. The zero-order valence-corrected chi connectivity index (χ0v) is 8.36. The Kier molecular flexibility index (Phi) is 1.66. The molecule has 2 aliphatic rings. The third-order valence-electron chi connectivity index (χ3n) is 3.36. The minimum atomic E-state index is -0.658. The van der Waals surface area contributed by atoms with Crippen molar-refractivity contribution in [1.82, 2.24) is 10.2 Å². The summed E-state index contributed by atoms with van der Waals surface area (Å²) in [7, 11) is 0. The summed E-state index contributed by atoms with van der Waals surface area (Å²) in [6.45, 7) is 2.33. The highest BCUT2D eigenvalue weighted by Gasteiger charge is 2.48. The number of nitrogens with zero attached hydrogens (tertiary/aromatic N) is 1. The Morgan fingerprint density at radius 2 is 2.27 bits per heavy atom. The summed E-state index contributed by atoms with van der Waals surface area (Å²) in [6, 6.07) is 8.01. The van der Waals surface area contributed by atoms with E-state index in [1.54, 1.807) is 0 Å². The van der Waals surface area contributed by atoms with Gasteiger partial charge in [-0.05, 0) is 11.1 Å². The van der Waals surface area contributed by atoms with Gasteiger partial charge >= 0.3 is 0 Å². The lowest BCUT2D eigenvalue weighted by Gasteiger charge is -2.32. The number of carbonyl (C=O) groups excluding carboxylic acids is 1. The predicted octanol–water partition coefficient (Wildman–Crippen LogP) is -0.256. The molecule has 2 atom stereocenters. The predicted molar refractivity (Wildman–Crippen MR) is 55.7 cm³/mol. The number of hydrogen-bond donors (Lipinski definition) is 2. The van der Waals surface area contributed by atoms with E-state index in [9.17, 15) is 4.79 Å². The summed E-state index contributed by atoms with van der Waals surface area (Å²) >= 11 is 0. The Balaban J connectivity index is 2.21. The fraction of sp³-hybridized carbons (Fsp3) is 0.364. The van der Waals surface area contributed by atoms with Crippen LogP contribution in [-0.2, 0) is 16.9 Å². The lowest BCUT2D eigenvalue weighted by Crippen LogP contribution is -2.52. The number of amides is 1. The van der Waals surface area contributed by atoms with E-state index >= 15 is 0 Å². The Labute approximate surface area is 88.1 Å². The Hall–Kier alpha value is -1.39. The fourth-order valence-corrected chi connectivity index (χ4v) is 2.60. The molecule has 0 spiro atoms. The van der Waals surface area contributed by atoms with E-state index in [2.05, 4.69) is 16.3 Å². The largest absolute Gasteiger partial charge is 0.368 e. The van der Waals surface area contributed by atoms with Crippen molar-refractivity contribution in [3.8, 4) is 0 Å². The van der Waals surface area contributed by atoms with E-state index in [-0.39, 0.29) is 5.91 Å². The van der Waals surface area contributed by atoms with Crippen LogP contribution in [0, 0.1) is 0 Å². The molecular formula is C11H13N3O. The number of rotatable bonds is 1. The maximum absolute atomic E-state index is 11.6. The zero-order chi connectivity index (χ0) is 10.5. The number of hydrogen-bond acceptors (Lipinski definition) is 3. The zero-order valence-electron chi connectivity index (χ0n) is 8.36. The van der Waals surface area contributed by atoms with E-state index in [0.717, 1.165) is 18.8 Å². The highest BCUT2D eigenvalue weighted by molar-refractivity contribution is 5.87. The Morgan fingerprint density at radius 1 is 1.47 bits per heavy atom. The molecule has 1 saturated heterocycles. The Bertz CT molecular complexity index is 432. The second-order valence-corrected chi connectivity index (χ2v) is 4.25. The number of benzene rings is 1. The average Bonchev–Trinajstić information content (AvgIpc) is 2.59. The number of carbonyl (C=O) groups is 1. The van der Waals surface area contributed by atoms with Gasteiger partial charge in [0.1, 0.15) is 5.54 Å². The maximum Gasteiger partial charge on any atom is 0.243 e. The third kappa shape index (κ3) is 1.06. The molecule has 1 aromatic rings. The van der Waals surface area contributed by atoms with Crippen LogP contribution < -0.4 is 11.1 Å². The topological polar surface area (TPSA) is 58.4 Å². The molecule has 0 aliphatic carbocycles. The van der Waals surface area contributed by atoms with Crippen molar-refractivity contribution in [2.75, 3.05) is 13.2 Å². The standard InChI is InChI=1S/C11H13N3O/c12-10(15)11-6-14(7-13-11)5-8-3-1-2-4-9(8)11/h1-4,13H,5-7H2,(H2,12,15). The lowest BCUT2D eigenvalue weighted by molar-refractivity contribution is -0.124. The second-order valence-electron chi connectivity index (χ2n) is 4.25. The number of fused-ring (bicyclic) bond motifs is 4. The summed E-state index contributed by atoms with van der Waals surface area (Å²) in [4.78, 5) is 13.8. The van der Waals surface area contributed by atoms with Gasteiger partial charge in [-0.15, -0.1) is 0 Å². The van der Waals surface area contributed by atoms with Crippen LogP contribution in [0.1, 0.15) is 11.1 Å². The van der Waals surface area contributed by atoms with Crippen LogP contribution in [0.25, 0.3) is 0 Å². The van der Waals surface area contributed by atoms with E-state index in [1.807, 2.05) is 18.2 Å². The molecule has 4 nitrogen and oxygen atoms in total. The van der Waals surface area contributed by atoms with Gasteiger partial charge in [0.05, 0.1) is 0 Å². The maximum atomic E-state index is 11.6. The summed E-state index contributed by atoms with van der Waals surface area (Å²) in [5.41, 5.74) is 7.12. The van der Waals surface area contributed by atoms with Crippen LogP contribution in [0.5, 0.6) is 0 Å². The van der Waals surface area contributed by atoms with Gasteiger partial charge in [0, 0.05) is 19.8 Å². The molecule has 0 radical (unpaired) electrons. The van der Waals surface area contributed by atoms with Gasteiger partial charge < -0.3 is 5.73 Å². The minimum absolute atomic E-state index is 0.280. The van der Waals surface area contributed by atoms with Crippen molar-refractivity contribution in [1.29, 1.82) is 0 Å². The van der Waals surface area contributed by atoms with E-state index < -0.39 is 5.54 Å².